The second kappa shape index (κ2) is 9.74. The number of ether oxygens (including phenoxy) is 1. The maximum Gasteiger partial charge on any atom is 0.223 e. The lowest BCUT2D eigenvalue weighted by Gasteiger charge is -2.44. The van der Waals surface area contributed by atoms with Gasteiger partial charge < -0.3 is 9.64 Å². The van der Waals surface area contributed by atoms with Gasteiger partial charge in [-0.3, -0.25) is 9.69 Å². The Balaban J connectivity index is 1.52. The number of benzene rings is 2. The van der Waals surface area contributed by atoms with Gasteiger partial charge in [-0.05, 0) is 43.9 Å². The molecule has 150 valence electrons. The van der Waals surface area contributed by atoms with Gasteiger partial charge in [-0.2, -0.15) is 0 Å². The number of carbonyl (C=O) groups excluding carboxylic acids is 1. The van der Waals surface area contributed by atoms with E-state index in [1.54, 1.807) is 7.11 Å². The molecule has 1 heterocycles. The third kappa shape index (κ3) is 5.14. The van der Waals surface area contributed by atoms with Crippen molar-refractivity contribution in [2.45, 2.75) is 45.2 Å². The summed E-state index contributed by atoms with van der Waals surface area (Å²) < 4.78 is 5.40. The van der Waals surface area contributed by atoms with Crippen LogP contribution < -0.4 is 4.74 Å². The number of para-hydroxylation sites is 1. The molecule has 0 bridgehead atoms. The van der Waals surface area contributed by atoms with Gasteiger partial charge in [0.15, 0.2) is 0 Å². The Kier molecular flexibility index (Phi) is 7.10. The quantitative estimate of drug-likeness (QED) is 0.733. The largest absolute Gasteiger partial charge is 0.496 e. The molecule has 2 atom stereocenters. The summed E-state index contributed by atoms with van der Waals surface area (Å²) in [6.45, 7) is 7.13. The number of rotatable bonds is 7. The van der Waals surface area contributed by atoms with Crippen molar-refractivity contribution < 1.29 is 9.53 Å². The molecule has 0 saturated carbocycles. The molecule has 1 saturated heterocycles. The van der Waals surface area contributed by atoms with Gasteiger partial charge in [-0.25, -0.2) is 0 Å². The molecule has 1 fully saturated rings. The second-order valence-electron chi connectivity index (χ2n) is 7.78. The first kappa shape index (κ1) is 20.4. The van der Waals surface area contributed by atoms with Crippen LogP contribution in [0.2, 0.25) is 0 Å². The smallest absolute Gasteiger partial charge is 0.223 e. The molecule has 0 radical (unpaired) electrons. The molecule has 4 nitrogen and oxygen atoms in total. The maximum atomic E-state index is 12.8. The van der Waals surface area contributed by atoms with E-state index in [2.05, 4.69) is 49.1 Å². The Bertz CT molecular complexity index is 750. The minimum atomic E-state index is 0.243. The molecule has 2 aromatic rings. The average molecular weight is 381 g/mol. The van der Waals surface area contributed by atoms with Gasteiger partial charge in [0, 0.05) is 38.1 Å². The van der Waals surface area contributed by atoms with Crippen molar-refractivity contribution in [1.29, 1.82) is 0 Å². The number of hydrogen-bond acceptors (Lipinski definition) is 3. The van der Waals surface area contributed by atoms with Gasteiger partial charge in [0.05, 0.1) is 7.11 Å². The topological polar surface area (TPSA) is 32.8 Å². The van der Waals surface area contributed by atoms with Gasteiger partial charge in [-0.15, -0.1) is 0 Å². The van der Waals surface area contributed by atoms with E-state index in [0.29, 0.717) is 18.5 Å². The Morgan fingerprint density at radius 1 is 0.964 bits per heavy atom. The lowest BCUT2D eigenvalue weighted by molar-refractivity contribution is -0.135. The van der Waals surface area contributed by atoms with Crippen LogP contribution in [0.4, 0.5) is 0 Å². The molecule has 1 amide bonds. The van der Waals surface area contributed by atoms with Gasteiger partial charge in [-0.1, -0.05) is 48.5 Å². The third-order valence-corrected chi connectivity index (χ3v) is 5.76. The number of amides is 1. The first-order valence-corrected chi connectivity index (χ1v) is 10.3. The number of methoxy groups -OCH3 is 1. The van der Waals surface area contributed by atoms with E-state index in [1.165, 1.54) is 5.56 Å². The van der Waals surface area contributed by atoms with Crippen molar-refractivity contribution in [3.8, 4) is 5.75 Å². The fraction of sp³-hybridized carbons (Fsp3) is 0.458. The summed E-state index contributed by atoms with van der Waals surface area (Å²) in [6, 6.07) is 19.3. The number of carbonyl (C=O) groups is 1. The molecule has 2 aromatic carbocycles. The molecule has 0 aromatic heterocycles. The minimum absolute atomic E-state index is 0.243. The lowest BCUT2D eigenvalue weighted by Crippen LogP contribution is -2.58. The highest BCUT2D eigenvalue weighted by molar-refractivity contribution is 5.76. The molecule has 3 rings (SSSR count). The minimum Gasteiger partial charge on any atom is -0.496 e. The third-order valence-electron chi connectivity index (χ3n) is 5.76. The highest BCUT2D eigenvalue weighted by atomic mass is 16.5. The SMILES string of the molecule is COc1ccccc1CCC(=O)N1CC(C)N(CCc2ccccc2)C(C)C1. The van der Waals surface area contributed by atoms with Crippen LogP contribution in [0, 0.1) is 0 Å². The van der Waals surface area contributed by atoms with E-state index in [4.69, 9.17) is 4.74 Å². The number of nitrogens with zero attached hydrogens (tertiary/aromatic N) is 2. The number of aryl methyl sites for hydroxylation is 1. The summed E-state index contributed by atoms with van der Waals surface area (Å²) in [5, 5.41) is 0. The molecular weight excluding hydrogens is 348 g/mol. The van der Waals surface area contributed by atoms with Crippen LogP contribution in [0.15, 0.2) is 54.6 Å². The van der Waals surface area contributed by atoms with Crippen LogP contribution in [-0.4, -0.2) is 54.5 Å². The zero-order chi connectivity index (χ0) is 19.9. The zero-order valence-electron chi connectivity index (χ0n) is 17.3. The normalized spacial score (nSPS) is 20.2. The molecule has 1 aliphatic heterocycles. The van der Waals surface area contributed by atoms with Crippen molar-refractivity contribution in [3.63, 3.8) is 0 Å². The van der Waals surface area contributed by atoms with Gasteiger partial charge in [0.2, 0.25) is 5.91 Å². The highest BCUT2D eigenvalue weighted by Crippen LogP contribution is 2.21. The number of piperazine rings is 1. The van der Waals surface area contributed by atoms with Crippen molar-refractivity contribution in [3.05, 3.63) is 65.7 Å². The van der Waals surface area contributed by atoms with Crippen LogP contribution in [0.5, 0.6) is 5.75 Å². The zero-order valence-corrected chi connectivity index (χ0v) is 17.3. The van der Waals surface area contributed by atoms with Crippen LogP contribution in [0.3, 0.4) is 0 Å². The summed E-state index contributed by atoms with van der Waals surface area (Å²) in [7, 11) is 1.68. The van der Waals surface area contributed by atoms with E-state index in [1.807, 2.05) is 29.2 Å². The monoisotopic (exact) mass is 380 g/mol. The fourth-order valence-corrected chi connectivity index (χ4v) is 4.21. The number of hydrogen-bond donors (Lipinski definition) is 0. The molecule has 2 unspecified atom stereocenters. The molecule has 4 heteroatoms. The second-order valence-corrected chi connectivity index (χ2v) is 7.78. The molecular formula is C24H32N2O2. The van der Waals surface area contributed by atoms with Crippen molar-refractivity contribution in [2.24, 2.45) is 0 Å². The predicted molar refractivity (Wildman–Crippen MR) is 114 cm³/mol. The highest BCUT2D eigenvalue weighted by Gasteiger charge is 2.31. The molecule has 28 heavy (non-hydrogen) atoms. The Morgan fingerprint density at radius 2 is 1.61 bits per heavy atom. The first-order chi connectivity index (χ1) is 13.6. The summed E-state index contributed by atoms with van der Waals surface area (Å²) in [5.41, 5.74) is 2.47. The van der Waals surface area contributed by atoms with Gasteiger partial charge in [0.1, 0.15) is 5.75 Å². The standard InChI is InChI=1S/C24H32N2O2/c1-19-17-25(24(27)14-13-22-11-7-8-12-23(22)28-3)18-20(2)26(19)16-15-21-9-5-4-6-10-21/h4-12,19-20H,13-18H2,1-3H3. The van der Waals surface area contributed by atoms with Crippen molar-refractivity contribution in [1.82, 2.24) is 9.80 Å². The van der Waals surface area contributed by atoms with E-state index in [9.17, 15) is 4.79 Å². The van der Waals surface area contributed by atoms with Crippen LogP contribution in [0.1, 0.15) is 31.4 Å². The maximum absolute atomic E-state index is 12.8. The summed E-state index contributed by atoms with van der Waals surface area (Å²) >= 11 is 0. The Hall–Kier alpha value is -2.33. The molecule has 1 aliphatic rings. The van der Waals surface area contributed by atoms with Crippen molar-refractivity contribution in [2.75, 3.05) is 26.7 Å². The average Bonchev–Trinajstić information content (AvgIpc) is 2.72. The Morgan fingerprint density at radius 3 is 2.29 bits per heavy atom. The fourth-order valence-electron chi connectivity index (χ4n) is 4.21. The molecule has 0 spiro atoms. The van der Waals surface area contributed by atoms with Crippen LogP contribution in [0.25, 0.3) is 0 Å². The Labute approximate surface area is 169 Å². The van der Waals surface area contributed by atoms with Crippen LogP contribution >= 0.6 is 0 Å². The van der Waals surface area contributed by atoms with E-state index in [0.717, 1.165) is 43.8 Å². The van der Waals surface area contributed by atoms with E-state index >= 15 is 0 Å². The summed E-state index contributed by atoms with van der Waals surface area (Å²) in [6.07, 6.45) is 2.31. The van der Waals surface area contributed by atoms with Gasteiger partial charge in [0.25, 0.3) is 0 Å². The molecule has 0 N–H and O–H groups in total. The summed E-state index contributed by atoms with van der Waals surface area (Å²) in [5.74, 6) is 1.11. The summed E-state index contributed by atoms with van der Waals surface area (Å²) in [4.78, 5) is 17.4. The lowest BCUT2D eigenvalue weighted by atomic mass is 10.0. The van der Waals surface area contributed by atoms with Gasteiger partial charge >= 0.3 is 0 Å². The van der Waals surface area contributed by atoms with E-state index in [-0.39, 0.29) is 5.91 Å². The first-order valence-electron chi connectivity index (χ1n) is 10.3. The van der Waals surface area contributed by atoms with Crippen LogP contribution in [-0.2, 0) is 17.6 Å². The predicted octanol–water partition coefficient (Wildman–Crippen LogP) is 3.79. The van der Waals surface area contributed by atoms with Crippen molar-refractivity contribution >= 4 is 5.91 Å². The molecule has 0 aliphatic carbocycles. The van der Waals surface area contributed by atoms with E-state index < -0.39 is 0 Å².